The Kier molecular flexibility index (Phi) is 7.19. The number of aromatic nitrogens is 2. The molecule has 5 nitrogen and oxygen atoms in total. The minimum Gasteiger partial charge on any atom is -0.494 e. The first-order chi connectivity index (χ1) is 15.5. The van der Waals surface area contributed by atoms with E-state index in [1.165, 1.54) is 0 Å². The van der Waals surface area contributed by atoms with E-state index in [9.17, 15) is 26.3 Å². The van der Waals surface area contributed by atoms with E-state index in [4.69, 9.17) is 4.74 Å². The lowest BCUT2D eigenvalue weighted by Gasteiger charge is -2.16. The number of hydrogen-bond donors (Lipinski definition) is 2. The van der Waals surface area contributed by atoms with Gasteiger partial charge in [0, 0.05) is 17.6 Å². The lowest BCUT2D eigenvalue weighted by Crippen LogP contribution is -2.12. The van der Waals surface area contributed by atoms with Gasteiger partial charge in [-0.2, -0.15) is 31.3 Å². The first-order valence-electron chi connectivity index (χ1n) is 10.3. The van der Waals surface area contributed by atoms with Crippen molar-refractivity contribution in [3.8, 4) is 5.75 Å². The van der Waals surface area contributed by atoms with Crippen molar-refractivity contribution in [3.63, 3.8) is 0 Å². The van der Waals surface area contributed by atoms with Crippen LogP contribution in [0, 0.1) is 0 Å². The van der Waals surface area contributed by atoms with Gasteiger partial charge in [-0.3, -0.25) is 0 Å². The molecule has 2 N–H and O–H groups in total. The van der Waals surface area contributed by atoms with E-state index in [2.05, 4.69) is 20.6 Å². The highest BCUT2D eigenvalue weighted by Gasteiger charge is 2.37. The second-order valence-electron chi connectivity index (χ2n) is 7.21. The standard InChI is InChI=1S/C22H22F6N4O/c1-3-5-8-29-20-31-18-7-6-16(33-4-2)12-17(18)19(32-20)30-15-10-13(21(23,24)25)9-14(11-15)22(26,27)28/h6-7,9-12H,3-5,8H2,1-2H3,(H2,29,30,31,32). The third kappa shape index (κ3) is 6.17. The van der Waals surface area contributed by atoms with Crippen molar-refractivity contribution in [2.45, 2.75) is 39.0 Å². The van der Waals surface area contributed by atoms with Crippen LogP contribution in [0.15, 0.2) is 36.4 Å². The summed E-state index contributed by atoms with van der Waals surface area (Å²) in [6.45, 7) is 4.70. The molecule has 1 heterocycles. The van der Waals surface area contributed by atoms with Crippen LogP contribution in [0.4, 0.5) is 43.8 Å². The van der Waals surface area contributed by atoms with E-state index < -0.39 is 29.2 Å². The monoisotopic (exact) mass is 472 g/mol. The Hall–Kier alpha value is -3.24. The smallest absolute Gasteiger partial charge is 0.416 e. The number of nitrogens with zero attached hydrogens (tertiary/aromatic N) is 2. The van der Waals surface area contributed by atoms with Gasteiger partial charge in [-0.1, -0.05) is 13.3 Å². The van der Waals surface area contributed by atoms with Crippen LogP contribution in [-0.2, 0) is 12.4 Å². The van der Waals surface area contributed by atoms with Crippen molar-refractivity contribution >= 4 is 28.4 Å². The van der Waals surface area contributed by atoms with Crippen molar-refractivity contribution in [2.75, 3.05) is 23.8 Å². The SMILES string of the molecule is CCCCNc1nc(Nc2cc(C(F)(F)F)cc(C(F)(F)F)c2)c2cc(OCC)ccc2n1. The molecule has 0 bridgehead atoms. The fourth-order valence-electron chi connectivity index (χ4n) is 3.08. The van der Waals surface area contributed by atoms with Crippen LogP contribution in [0.2, 0.25) is 0 Å². The summed E-state index contributed by atoms with van der Waals surface area (Å²) in [6, 6.07) is 6.19. The average molecular weight is 472 g/mol. The quantitative estimate of drug-likeness (QED) is 0.273. The molecular formula is C22H22F6N4O. The molecule has 0 aliphatic heterocycles. The van der Waals surface area contributed by atoms with E-state index in [1.807, 2.05) is 6.92 Å². The lowest BCUT2D eigenvalue weighted by atomic mass is 10.1. The first-order valence-corrected chi connectivity index (χ1v) is 10.3. The highest BCUT2D eigenvalue weighted by atomic mass is 19.4. The van der Waals surface area contributed by atoms with Gasteiger partial charge in [-0.15, -0.1) is 0 Å². The molecular weight excluding hydrogens is 450 g/mol. The lowest BCUT2D eigenvalue weighted by molar-refractivity contribution is -0.143. The summed E-state index contributed by atoms with van der Waals surface area (Å²) in [5, 5.41) is 6.03. The van der Waals surface area contributed by atoms with Crippen LogP contribution in [-0.4, -0.2) is 23.1 Å². The van der Waals surface area contributed by atoms with Gasteiger partial charge in [0.25, 0.3) is 0 Å². The van der Waals surface area contributed by atoms with Gasteiger partial charge >= 0.3 is 12.4 Å². The molecule has 3 aromatic rings. The van der Waals surface area contributed by atoms with Crippen LogP contribution in [0.5, 0.6) is 5.75 Å². The maximum atomic E-state index is 13.3. The van der Waals surface area contributed by atoms with Crippen molar-refractivity contribution in [1.82, 2.24) is 9.97 Å². The second kappa shape index (κ2) is 9.72. The highest BCUT2D eigenvalue weighted by Crippen LogP contribution is 2.38. The summed E-state index contributed by atoms with van der Waals surface area (Å²) in [5.41, 5.74) is -2.81. The van der Waals surface area contributed by atoms with Crippen molar-refractivity contribution in [3.05, 3.63) is 47.5 Å². The Morgan fingerprint density at radius 3 is 2.12 bits per heavy atom. The summed E-state index contributed by atoms with van der Waals surface area (Å²) < 4.78 is 85.0. The number of fused-ring (bicyclic) bond motifs is 1. The molecule has 1 aromatic heterocycles. The number of halogens is 6. The van der Waals surface area contributed by atoms with Gasteiger partial charge in [-0.05, 0) is 49.7 Å². The zero-order chi connectivity index (χ0) is 24.2. The Labute approximate surface area is 186 Å². The summed E-state index contributed by atoms with van der Waals surface area (Å²) in [7, 11) is 0. The topological polar surface area (TPSA) is 59.1 Å². The summed E-state index contributed by atoms with van der Waals surface area (Å²) in [4.78, 5) is 8.69. The Balaban J connectivity index is 2.11. The predicted octanol–water partition coefficient (Wildman–Crippen LogP) is 7.02. The molecule has 178 valence electrons. The van der Waals surface area contributed by atoms with Gasteiger partial charge < -0.3 is 15.4 Å². The first kappa shape index (κ1) is 24.4. The van der Waals surface area contributed by atoms with Crippen molar-refractivity contribution < 1.29 is 31.1 Å². The van der Waals surface area contributed by atoms with E-state index >= 15 is 0 Å². The zero-order valence-corrected chi connectivity index (χ0v) is 17.9. The molecule has 0 aliphatic carbocycles. The van der Waals surface area contributed by atoms with Gasteiger partial charge in [0.05, 0.1) is 23.3 Å². The molecule has 3 rings (SSSR count). The van der Waals surface area contributed by atoms with E-state index in [-0.39, 0.29) is 17.8 Å². The van der Waals surface area contributed by atoms with E-state index in [1.54, 1.807) is 25.1 Å². The summed E-state index contributed by atoms with van der Waals surface area (Å²) in [5.74, 6) is 0.710. The molecule has 0 radical (unpaired) electrons. The van der Waals surface area contributed by atoms with Gasteiger partial charge in [-0.25, -0.2) is 4.98 Å². The van der Waals surface area contributed by atoms with Crippen LogP contribution in [0.25, 0.3) is 10.9 Å². The third-order valence-corrected chi connectivity index (χ3v) is 4.64. The number of alkyl halides is 6. The van der Waals surface area contributed by atoms with Gasteiger partial charge in [0.2, 0.25) is 5.95 Å². The van der Waals surface area contributed by atoms with Crippen LogP contribution in [0.1, 0.15) is 37.8 Å². The number of anilines is 3. The van der Waals surface area contributed by atoms with E-state index in [0.29, 0.717) is 41.9 Å². The highest BCUT2D eigenvalue weighted by molar-refractivity contribution is 5.92. The summed E-state index contributed by atoms with van der Waals surface area (Å²) in [6.07, 6.45) is -8.18. The van der Waals surface area contributed by atoms with Gasteiger partial charge in [0.1, 0.15) is 11.6 Å². The zero-order valence-electron chi connectivity index (χ0n) is 17.9. The Morgan fingerprint density at radius 2 is 1.55 bits per heavy atom. The molecule has 2 aromatic carbocycles. The molecule has 0 atom stereocenters. The number of nitrogens with one attached hydrogen (secondary N) is 2. The average Bonchev–Trinajstić information content (AvgIpc) is 2.73. The molecule has 0 aliphatic rings. The number of rotatable bonds is 8. The fraction of sp³-hybridized carbons (Fsp3) is 0.364. The third-order valence-electron chi connectivity index (χ3n) is 4.64. The van der Waals surface area contributed by atoms with Gasteiger partial charge in [0.15, 0.2) is 0 Å². The number of hydrogen-bond acceptors (Lipinski definition) is 5. The van der Waals surface area contributed by atoms with Crippen molar-refractivity contribution in [1.29, 1.82) is 0 Å². The maximum Gasteiger partial charge on any atom is 0.416 e. The normalized spacial score (nSPS) is 12.1. The molecule has 0 saturated heterocycles. The molecule has 0 fully saturated rings. The molecule has 0 saturated carbocycles. The fourth-order valence-corrected chi connectivity index (χ4v) is 3.08. The minimum atomic E-state index is -4.96. The molecule has 0 spiro atoms. The largest absolute Gasteiger partial charge is 0.494 e. The second-order valence-corrected chi connectivity index (χ2v) is 7.21. The molecule has 0 unspecified atom stereocenters. The van der Waals surface area contributed by atoms with E-state index in [0.717, 1.165) is 12.8 Å². The number of ether oxygens (including phenoxy) is 1. The Bertz CT molecular complexity index is 1080. The minimum absolute atomic E-state index is 0.0491. The van der Waals surface area contributed by atoms with Crippen LogP contribution >= 0.6 is 0 Å². The molecule has 11 heteroatoms. The summed E-state index contributed by atoms with van der Waals surface area (Å²) >= 11 is 0. The molecule has 33 heavy (non-hydrogen) atoms. The van der Waals surface area contributed by atoms with Crippen LogP contribution in [0.3, 0.4) is 0 Å². The van der Waals surface area contributed by atoms with Crippen molar-refractivity contribution in [2.24, 2.45) is 0 Å². The maximum absolute atomic E-state index is 13.3. The van der Waals surface area contributed by atoms with Crippen LogP contribution < -0.4 is 15.4 Å². The number of unbranched alkanes of at least 4 members (excludes halogenated alkanes) is 1. The molecule has 0 amide bonds. The Morgan fingerprint density at radius 1 is 0.879 bits per heavy atom. The predicted molar refractivity (Wildman–Crippen MR) is 114 cm³/mol. The number of benzene rings is 2.